The van der Waals surface area contributed by atoms with Crippen molar-refractivity contribution in [3.63, 3.8) is 0 Å². The summed E-state index contributed by atoms with van der Waals surface area (Å²) in [5.41, 5.74) is 1.15. The third-order valence-electron chi connectivity index (χ3n) is 4.53. The minimum atomic E-state index is -3.45. The van der Waals surface area contributed by atoms with Crippen molar-refractivity contribution in [1.29, 1.82) is 0 Å². The van der Waals surface area contributed by atoms with E-state index in [1.165, 1.54) is 17.7 Å². The average molecular weight is 412 g/mol. The highest BCUT2D eigenvalue weighted by Gasteiger charge is 2.39. The fourth-order valence-electron chi connectivity index (χ4n) is 2.95. The summed E-state index contributed by atoms with van der Waals surface area (Å²) in [6, 6.07) is 10.8. The topological polar surface area (TPSA) is 76.4 Å². The van der Waals surface area contributed by atoms with Gasteiger partial charge in [-0.1, -0.05) is 34.5 Å². The maximum atomic E-state index is 12.2. The summed E-state index contributed by atoms with van der Waals surface area (Å²) < 4.78 is 29.0. The molecule has 1 saturated carbocycles. The lowest BCUT2D eigenvalue weighted by Gasteiger charge is -2.42. The van der Waals surface area contributed by atoms with Gasteiger partial charge in [0.2, 0.25) is 14.9 Å². The van der Waals surface area contributed by atoms with Crippen LogP contribution in [0.1, 0.15) is 35.4 Å². The third-order valence-corrected chi connectivity index (χ3v) is 6.00. The molecule has 1 heterocycles. The van der Waals surface area contributed by atoms with Gasteiger partial charge in [0.1, 0.15) is 0 Å². The van der Waals surface area contributed by atoms with Crippen LogP contribution in [0.25, 0.3) is 0 Å². The fraction of sp³-hybridized carbons (Fsp3) is 0.353. The third kappa shape index (κ3) is 3.42. The van der Waals surface area contributed by atoms with Crippen LogP contribution in [0.2, 0.25) is 0 Å². The Balaban J connectivity index is 1.71. The van der Waals surface area contributed by atoms with Crippen molar-refractivity contribution in [3.8, 4) is 0 Å². The van der Waals surface area contributed by atoms with Gasteiger partial charge in [-0.3, -0.25) is 4.79 Å². The molecular formula is C17H18BrNO4S. The van der Waals surface area contributed by atoms with E-state index in [1.54, 1.807) is 0 Å². The van der Waals surface area contributed by atoms with Gasteiger partial charge in [0.15, 0.2) is 5.76 Å². The Bertz CT molecular complexity index is 851. The maximum absolute atomic E-state index is 12.2. The van der Waals surface area contributed by atoms with Crippen LogP contribution in [0.4, 0.5) is 0 Å². The van der Waals surface area contributed by atoms with Crippen LogP contribution in [0, 0.1) is 0 Å². The molecule has 0 radical (unpaired) electrons. The molecule has 0 unspecified atom stereocenters. The fourth-order valence-corrected chi connectivity index (χ4v) is 3.77. The molecule has 0 spiro atoms. The maximum Gasteiger partial charge on any atom is 0.287 e. The summed E-state index contributed by atoms with van der Waals surface area (Å²) in [5, 5.41) is 2.68. The zero-order chi connectivity index (χ0) is 17.4. The largest absolute Gasteiger partial charge is 0.440 e. The summed E-state index contributed by atoms with van der Waals surface area (Å²) >= 11 is 3.43. The minimum absolute atomic E-state index is 0.0145. The van der Waals surface area contributed by atoms with E-state index in [4.69, 9.17) is 4.42 Å². The first-order valence-corrected chi connectivity index (χ1v) is 10.3. The molecule has 1 N–H and O–H groups in total. The average Bonchev–Trinajstić information content (AvgIpc) is 2.97. The number of furan rings is 1. The highest BCUT2D eigenvalue weighted by molar-refractivity contribution is 9.10. The highest BCUT2D eigenvalue weighted by atomic mass is 79.9. The predicted molar refractivity (Wildman–Crippen MR) is 93.8 cm³/mol. The Labute approximate surface area is 149 Å². The first-order valence-electron chi connectivity index (χ1n) is 7.64. The Kier molecular flexibility index (Phi) is 4.57. The number of rotatable bonds is 5. The standard InChI is InChI=1S/C17H18BrNO4S/c1-24(21,22)15-8-7-14(23-15)16(20)19-11-17(9-2-10-17)12-3-5-13(18)6-4-12/h3-8H,2,9-11H2,1H3,(H,19,20). The van der Waals surface area contributed by atoms with Crippen molar-refractivity contribution in [2.24, 2.45) is 0 Å². The predicted octanol–water partition coefficient (Wildman–Crippen LogP) is 3.30. The molecule has 0 atom stereocenters. The molecule has 1 fully saturated rings. The van der Waals surface area contributed by atoms with E-state index < -0.39 is 15.7 Å². The lowest BCUT2D eigenvalue weighted by atomic mass is 9.64. The van der Waals surface area contributed by atoms with Gasteiger partial charge in [-0.05, 0) is 42.7 Å². The molecule has 0 aliphatic heterocycles. The number of sulfone groups is 1. The summed E-state index contributed by atoms with van der Waals surface area (Å²) in [7, 11) is -3.45. The molecule has 128 valence electrons. The van der Waals surface area contributed by atoms with Gasteiger partial charge in [0.05, 0.1) is 0 Å². The zero-order valence-corrected chi connectivity index (χ0v) is 15.6. The van der Waals surface area contributed by atoms with Crippen molar-refractivity contribution in [1.82, 2.24) is 5.32 Å². The molecule has 1 aromatic carbocycles. The van der Waals surface area contributed by atoms with Gasteiger partial charge in [0, 0.05) is 22.7 Å². The monoisotopic (exact) mass is 411 g/mol. The molecule has 1 aromatic heterocycles. The van der Waals surface area contributed by atoms with E-state index in [9.17, 15) is 13.2 Å². The van der Waals surface area contributed by atoms with E-state index >= 15 is 0 Å². The van der Waals surface area contributed by atoms with Crippen LogP contribution >= 0.6 is 15.9 Å². The molecule has 24 heavy (non-hydrogen) atoms. The van der Waals surface area contributed by atoms with Gasteiger partial charge >= 0.3 is 0 Å². The quantitative estimate of drug-likeness (QED) is 0.818. The molecule has 5 nitrogen and oxygen atoms in total. The molecule has 7 heteroatoms. The van der Waals surface area contributed by atoms with E-state index in [2.05, 4.69) is 33.4 Å². The first kappa shape index (κ1) is 17.2. The number of hydrogen-bond acceptors (Lipinski definition) is 4. The summed E-state index contributed by atoms with van der Waals surface area (Å²) in [4.78, 5) is 12.2. The number of carbonyl (C=O) groups excluding carboxylic acids is 1. The second kappa shape index (κ2) is 6.37. The van der Waals surface area contributed by atoms with E-state index in [1.807, 2.05) is 12.1 Å². The number of hydrogen-bond donors (Lipinski definition) is 1. The smallest absolute Gasteiger partial charge is 0.287 e. The van der Waals surface area contributed by atoms with E-state index in [-0.39, 0.29) is 16.3 Å². The Hall–Kier alpha value is -1.60. The van der Waals surface area contributed by atoms with Crippen LogP contribution in [0.5, 0.6) is 0 Å². The van der Waals surface area contributed by atoms with Crippen LogP contribution in [-0.2, 0) is 15.3 Å². The Morgan fingerprint density at radius 2 is 1.88 bits per heavy atom. The molecule has 0 bridgehead atoms. The summed E-state index contributed by atoms with van der Waals surface area (Å²) in [6.07, 6.45) is 4.21. The highest BCUT2D eigenvalue weighted by Crippen LogP contribution is 2.43. The van der Waals surface area contributed by atoms with E-state index in [0.29, 0.717) is 6.54 Å². The first-order chi connectivity index (χ1) is 11.3. The van der Waals surface area contributed by atoms with Crippen molar-refractivity contribution < 1.29 is 17.6 Å². The van der Waals surface area contributed by atoms with Crippen LogP contribution in [-0.4, -0.2) is 27.1 Å². The molecule has 1 amide bonds. The SMILES string of the molecule is CS(=O)(=O)c1ccc(C(=O)NCC2(c3ccc(Br)cc3)CCC2)o1. The van der Waals surface area contributed by atoms with Gasteiger partial charge in [-0.25, -0.2) is 8.42 Å². The number of nitrogens with one attached hydrogen (secondary N) is 1. The van der Waals surface area contributed by atoms with Gasteiger partial charge in [-0.2, -0.15) is 0 Å². The lowest BCUT2D eigenvalue weighted by Crippen LogP contribution is -2.45. The summed E-state index contributed by atoms with van der Waals surface area (Å²) in [6.45, 7) is 0.502. The van der Waals surface area contributed by atoms with Gasteiger partial charge < -0.3 is 9.73 Å². The van der Waals surface area contributed by atoms with Gasteiger partial charge in [0.25, 0.3) is 5.91 Å². The number of benzene rings is 1. The molecule has 1 aliphatic carbocycles. The van der Waals surface area contributed by atoms with E-state index in [0.717, 1.165) is 30.0 Å². The van der Waals surface area contributed by atoms with Crippen LogP contribution < -0.4 is 5.32 Å². The van der Waals surface area contributed by atoms with Gasteiger partial charge in [-0.15, -0.1) is 0 Å². The second-order valence-corrected chi connectivity index (χ2v) is 9.08. The Morgan fingerprint density at radius 1 is 1.21 bits per heavy atom. The number of halogens is 1. The summed E-state index contributed by atoms with van der Waals surface area (Å²) in [5.74, 6) is -0.381. The van der Waals surface area contributed by atoms with Crippen molar-refractivity contribution in [2.45, 2.75) is 29.8 Å². The Morgan fingerprint density at radius 3 is 2.38 bits per heavy atom. The number of carbonyl (C=O) groups is 1. The van der Waals surface area contributed by atoms with Crippen molar-refractivity contribution in [3.05, 3.63) is 52.2 Å². The van der Waals surface area contributed by atoms with Crippen molar-refractivity contribution >= 4 is 31.7 Å². The lowest BCUT2D eigenvalue weighted by molar-refractivity contribution is 0.0895. The van der Waals surface area contributed by atoms with Crippen molar-refractivity contribution in [2.75, 3.05) is 12.8 Å². The molecule has 3 rings (SSSR count). The van der Waals surface area contributed by atoms with Crippen LogP contribution in [0.3, 0.4) is 0 Å². The molecule has 2 aromatic rings. The molecule has 0 saturated heterocycles. The zero-order valence-electron chi connectivity index (χ0n) is 13.2. The van der Waals surface area contributed by atoms with Crippen LogP contribution in [0.15, 0.2) is 50.4 Å². The second-order valence-electron chi connectivity index (χ2n) is 6.21. The normalized spacial score (nSPS) is 16.4. The molecular weight excluding hydrogens is 394 g/mol. The minimum Gasteiger partial charge on any atom is -0.440 e. The number of amides is 1. The molecule has 1 aliphatic rings.